The smallest absolute Gasteiger partial charge is 0.223 e. The van der Waals surface area contributed by atoms with Gasteiger partial charge in [0.25, 0.3) is 0 Å². The zero-order chi connectivity index (χ0) is 14.8. The predicted molar refractivity (Wildman–Crippen MR) is 82.2 cm³/mol. The highest BCUT2D eigenvalue weighted by Crippen LogP contribution is 2.28. The summed E-state index contributed by atoms with van der Waals surface area (Å²) in [7, 11) is 0. The molecule has 0 radical (unpaired) electrons. The zero-order valence-electron chi connectivity index (χ0n) is 11.4. The molecule has 0 unspecified atom stereocenters. The third-order valence-electron chi connectivity index (χ3n) is 3.15. The largest absolute Gasteiger partial charge is 0.439 e. The molecule has 0 aliphatic rings. The summed E-state index contributed by atoms with van der Waals surface area (Å²) in [4.78, 5) is 24.1. The van der Waals surface area contributed by atoms with Crippen molar-refractivity contribution in [3.63, 3.8) is 0 Å². The molecule has 3 rings (SSSR count). The van der Waals surface area contributed by atoms with Crippen LogP contribution in [0.3, 0.4) is 0 Å². The highest BCUT2D eigenvalue weighted by atomic mass is 16.4. The van der Waals surface area contributed by atoms with Crippen molar-refractivity contribution in [2.75, 3.05) is 5.32 Å². The molecular formula is C17H13NO3. The molecule has 0 saturated heterocycles. The van der Waals surface area contributed by atoms with Gasteiger partial charge in [0.1, 0.15) is 5.58 Å². The number of amides is 1. The van der Waals surface area contributed by atoms with Crippen LogP contribution in [0.4, 0.5) is 5.88 Å². The fraction of sp³-hybridized carbons (Fsp3) is 0.0588. The van der Waals surface area contributed by atoms with E-state index in [9.17, 15) is 9.59 Å². The van der Waals surface area contributed by atoms with Crippen LogP contribution in [0.25, 0.3) is 22.1 Å². The first-order chi connectivity index (χ1) is 10.2. The van der Waals surface area contributed by atoms with E-state index in [1.54, 1.807) is 24.3 Å². The van der Waals surface area contributed by atoms with Crippen LogP contribution < -0.4 is 10.7 Å². The Bertz CT molecular complexity index is 866. The highest BCUT2D eigenvalue weighted by molar-refractivity contribution is 5.94. The Morgan fingerprint density at radius 1 is 1.00 bits per heavy atom. The lowest BCUT2D eigenvalue weighted by molar-refractivity contribution is -0.114. The van der Waals surface area contributed by atoms with Crippen LogP contribution in [-0.2, 0) is 4.79 Å². The Morgan fingerprint density at radius 3 is 2.38 bits per heavy atom. The van der Waals surface area contributed by atoms with Gasteiger partial charge in [0, 0.05) is 6.92 Å². The summed E-state index contributed by atoms with van der Waals surface area (Å²) in [6.07, 6.45) is 0. The lowest BCUT2D eigenvalue weighted by Crippen LogP contribution is -2.13. The number of fused-ring (bicyclic) bond motifs is 1. The van der Waals surface area contributed by atoms with Crippen LogP contribution >= 0.6 is 0 Å². The number of para-hydroxylation sites is 1. The third-order valence-corrected chi connectivity index (χ3v) is 3.15. The standard InChI is InChI=1S/C17H13NO3/c1-11(19)18-17-15(12-7-3-2-4-8-12)16(20)13-9-5-6-10-14(13)21-17/h2-10H,1H3,(H,18,19). The number of carbonyl (C=O) groups is 1. The first kappa shape index (κ1) is 13.1. The molecule has 0 aliphatic carbocycles. The van der Waals surface area contributed by atoms with Crippen LogP contribution in [0.5, 0.6) is 0 Å². The minimum absolute atomic E-state index is 0.160. The lowest BCUT2D eigenvalue weighted by Gasteiger charge is -2.10. The molecule has 0 atom stereocenters. The van der Waals surface area contributed by atoms with Gasteiger partial charge in [0.05, 0.1) is 10.9 Å². The van der Waals surface area contributed by atoms with Crippen molar-refractivity contribution in [2.45, 2.75) is 6.92 Å². The van der Waals surface area contributed by atoms with Crippen molar-refractivity contribution in [1.82, 2.24) is 0 Å². The molecule has 0 aliphatic heterocycles. The molecule has 2 aromatic carbocycles. The molecule has 1 heterocycles. The molecule has 3 aromatic rings. The average molecular weight is 279 g/mol. The van der Waals surface area contributed by atoms with Crippen molar-refractivity contribution < 1.29 is 9.21 Å². The van der Waals surface area contributed by atoms with E-state index in [0.29, 0.717) is 22.1 Å². The van der Waals surface area contributed by atoms with Crippen LogP contribution in [0, 0.1) is 0 Å². The molecule has 4 heteroatoms. The third kappa shape index (κ3) is 2.43. The van der Waals surface area contributed by atoms with Gasteiger partial charge in [-0.3, -0.25) is 14.9 Å². The van der Waals surface area contributed by atoms with Gasteiger partial charge in [-0.2, -0.15) is 0 Å². The Balaban J connectivity index is 2.37. The van der Waals surface area contributed by atoms with Gasteiger partial charge in [-0.1, -0.05) is 42.5 Å². The maximum Gasteiger partial charge on any atom is 0.223 e. The topological polar surface area (TPSA) is 59.3 Å². The number of benzene rings is 2. The van der Waals surface area contributed by atoms with Crippen molar-refractivity contribution >= 4 is 22.8 Å². The normalized spacial score (nSPS) is 10.5. The molecule has 21 heavy (non-hydrogen) atoms. The summed E-state index contributed by atoms with van der Waals surface area (Å²) >= 11 is 0. The molecule has 0 bridgehead atoms. The van der Waals surface area contributed by atoms with Crippen molar-refractivity contribution in [3.8, 4) is 11.1 Å². The van der Waals surface area contributed by atoms with Gasteiger partial charge in [0.2, 0.25) is 17.2 Å². The van der Waals surface area contributed by atoms with Crippen LogP contribution in [0.2, 0.25) is 0 Å². The van der Waals surface area contributed by atoms with Gasteiger partial charge in [-0.25, -0.2) is 0 Å². The van der Waals surface area contributed by atoms with E-state index in [1.165, 1.54) is 6.92 Å². The second-order valence-corrected chi connectivity index (χ2v) is 4.68. The summed E-state index contributed by atoms with van der Waals surface area (Å²) in [5.41, 5.74) is 1.36. The van der Waals surface area contributed by atoms with E-state index in [2.05, 4.69) is 5.32 Å². The maximum atomic E-state index is 12.7. The molecule has 1 amide bonds. The van der Waals surface area contributed by atoms with Crippen LogP contribution in [0.1, 0.15) is 6.92 Å². The number of carbonyl (C=O) groups excluding carboxylic acids is 1. The van der Waals surface area contributed by atoms with Crippen LogP contribution in [0.15, 0.2) is 63.8 Å². The second kappa shape index (κ2) is 5.25. The summed E-state index contributed by atoms with van der Waals surface area (Å²) < 4.78 is 5.71. The first-order valence-electron chi connectivity index (χ1n) is 6.55. The lowest BCUT2D eigenvalue weighted by atomic mass is 10.0. The molecule has 0 spiro atoms. The van der Waals surface area contributed by atoms with Crippen molar-refractivity contribution in [1.29, 1.82) is 0 Å². The van der Waals surface area contributed by atoms with Gasteiger partial charge >= 0.3 is 0 Å². The van der Waals surface area contributed by atoms with Gasteiger partial charge in [0.15, 0.2) is 0 Å². The van der Waals surface area contributed by atoms with Gasteiger partial charge in [-0.05, 0) is 17.7 Å². The Labute approximate surface area is 121 Å². The quantitative estimate of drug-likeness (QED) is 0.782. The van der Waals surface area contributed by atoms with Crippen LogP contribution in [-0.4, -0.2) is 5.91 Å². The van der Waals surface area contributed by atoms with E-state index in [-0.39, 0.29) is 17.2 Å². The molecule has 1 N–H and O–H groups in total. The number of rotatable bonds is 2. The summed E-state index contributed by atoms with van der Waals surface area (Å²) in [5, 5.41) is 3.09. The molecule has 104 valence electrons. The zero-order valence-corrected chi connectivity index (χ0v) is 11.4. The highest BCUT2D eigenvalue weighted by Gasteiger charge is 2.16. The Kier molecular flexibility index (Phi) is 3.28. The molecule has 0 saturated carbocycles. The number of nitrogens with one attached hydrogen (secondary N) is 1. The minimum Gasteiger partial charge on any atom is -0.439 e. The molecular weight excluding hydrogens is 266 g/mol. The SMILES string of the molecule is CC(=O)Nc1oc2ccccc2c(=O)c1-c1ccccc1. The van der Waals surface area contributed by atoms with E-state index >= 15 is 0 Å². The van der Waals surface area contributed by atoms with E-state index < -0.39 is 0 Å². The first-order valence-corrected chi connectivity index (χ1v) is 6.55. The number of anilines is 1. The average Bonchev–Trinajstić information content (AvgIpc) is 2.48. The van der Waals surface area contributed by atoms with E-state index in [4.69, 9.17) is 4.42 Å². The fourth-order valence-corrected chi connectivity index (χ4v) is 2.26. The molecule has 4 nitrogen and oxygen atoms in total. The Morgan fingerprint density at radius 2 is 1.67 bits per heavy atom. The van der Waals surface area contributed by atoms with E-state index in [1.807, 2.05) is 30.3 Å². The van der Waals surface area contributed by atoms with Crippen molar-refractivity contribution in [3.05, 3.63) is 64.8 Å². The van der Waals surface area contributed by atoms with Gasteiger partial charge in [-0.15, -0.1) is 0 Å². The monoisotopic (exact) mass is 279 g/mol. The minimum atomic E-state index is -0.286. The summed E-state index contributed by atoms with van der Waals surface area (Å²) in [6, 6.07) is 16.1. The predicted octanol–water partition coefficient (Wildman–Crippen LogP) is 3.42. The van der Waals surface area contributed by atoms with Crippen molar-refractivity contribution in [2.24, 2.45) is 0 Å². The fourth-order valence-electron chi connectivity index (χ4n) is 2.26. The van der Waals surface area contributed by atoms with E-state index in [0.717, 1.165) is 0 Å². The van der Waals surface area contributed by atoms with Gasteiger partial charge < -0.3 is 4.42 Å². The molecule has 0 fully saturated rings. The summed E-state index contributed by atoms with van der Waals surface area (Å²) in [6.45, 7) is 1.38. The molecule has 1 aromatic heterocycles. The second-order valence-electron chi connectivity index (χ2n) is 4.68. The summed E-state index contributed by atoms with van der Waals surface area (Å²) in [5.74, 6) is -0.108. The Hall–Kier alpha value is -2.88. The number of hydrogen-bond acceptors (Lipinski definition) is 3. The maximum absolute atomic E-state index is 12.7. The number of hydrogen-bond donors (Lipinski definition) is 1.